The van der Waals surface area contributed by atoms with Crippen molar-refractivity contribution in [2.24, 2.45) is 0 Å². The monoisotopic (exact) mass is 398 g/mol. The Morgan fingerprint density at radius 3 is 2.42 bits per heavy atom. The molecule has 0 saturated heterocycles. The largest absolute Gasteiger partial charge is 0.478 e. The number of halogens is 3. The molecule has 0 spiro atoms. The Kier molecular flexibility index (Phi) is 4.97. The van der Waals surface area contributed by atoms with Crippen LogP contribution in [-0.2, 0) is 9.84 Å². The number of aromatic amines is 1. The number of benzene rings is 2. The molecule has 0 radical (unpaired) electrons. The fraction of sp³-hybridized carbons (Fsp3) is 0.118. The Balaban J connectivity index is 2.04. The molecule has 1 aromatic heterocycles. The Hall–Kier alpha value is -2.45. The van der Waals surface area contributed by atoms with Gasteiger partial charge >= 0.3 is 0 Å². The summed E-state index contributed by atoms with van der Waals surface area (Å²) in [4.78, 5) is 6.80. The lowest BCUT2D eigenvalue weighted by molar-refractivity contribution is 0.237. The highest BCUT2D eigenvalue weighted by atomic mass is 35.5. The molecule has 1 unspecified atom stereocenters. The average Bonchev–Trinajstić information content (AvgIpc) is 3.07. The number of rotatable bonds is 5. The number of aromatic nitrogens is 2. The highest BCUT2D eigenvalue weighted by Gasteiger charge is 2.23. The van der Waals surface area contributed by atoms with E-state index < -0.39 is 27.6 Å². The van der Waals surface area contributed by atoms with Gasteiger partial charge in [0, 0.05) is 18.0 Å². The van der Waals surface area contributed by atoms with Gasteiger partial charge in [-0.05, 0) is 36.4 Å². The standard InChI is InChI=1S/C17H13ClF2N2O3S/c1-26(23,24)15-9-21-17(22-15)16(10-2-7-14(20)13(18)8-10)25-12-5-3-11(19)4-6-12/h2-9,16H,1H3,(H,21,22). The molecule has 1 heterocycles. The lowest BCUT2D eigenvalue weighted by atomic mass is 10.1. The van der Waals surface area contributed by atoms with E-state index in [2.05, 4.69) is 9.97 Å². The minimum atomic E-state index is -3.52. The topological polar surface area (TPSA) is 72.0 Å². The first kappa shape index (κ1) is 18.3. The summed E-state index contributed by atoms with van der Waals surface area (Å²) < 4.78 is 55.7. The van der Waals surface area contributed by atoms with Crippen LogP contribution in [0.3, 0.4) is 0 Å². The third kappa shape index (κ3) is 4.03. The van der Waals surface area contributed by atoms with Crippen molar-refractivity contribution in [2.75, 3.05) is 6.26 Å². The second kappa shape index (κ2) is 7.05. The van der Waals surface area contributed by atoms with Crippen molar-refractivity contribution in [1.29, 1.82) is 0 Å². The van der Waals surface area contributed by atoms with Crippen molar-refractivity contribution in [3.63, 3.8) is 0 Å². The molecule has 2 aromatic carbocycles. The average molecular weight is 399 g/mol. The highest BCUT2D eigenvalue weighted by Crippen LogP contribution is 2.30. The molecule has 0 bridgehead atoms. The van der Waals surface area contributed by atoms with E-state index in [1.165, 1.54) is 48.7 Å². The second-order valence-corrected chi connectivity index (χ2v) is 7.89. The van der Waals surface area contributed by atoms with Crippen LogP contribution in [0.25, 0.3) is 0 Å². The molecule has 1 atom stereocenters. The fourth-order valence-electron chi connectivity index (χ4n) is 2.25. The number of H-pyrrole nitrogens is 1. The van der Waals surface area contributed by atoms with Crippen molar-refractivity contribution in [3.05, 3.63) is 76.7 Å². The van der Waals surface area contributed by atoms with E-state index in [-0.39, 0.29) is 15.9 Å². The van der Waals surface area contributed by atoms with E-state index in [1.54, 1.807) is 0 Å². The molecule has 136 valence electrons. The van der Waals surface area contributed by atoms with Gasteiger partial charge in [-0.25, -0.2) is 22.2 Å². The maximum Gasteiger partial charge on any atom is 0.194 e. The van der Waals surface area contributed by atoms with Gasteiger partial charge in [0.2, 0.25) is 0 Å². The summed E-state index contributed by atoms with van der Waals surface area (Å²) in [6.07, 6.45) is 1.35. The number of imidazole rings is 1. The number of nitrogens with zero attached hydrogens (tertiary/aromatic N) is 1. The van der Waals surface area contributed by atoms with Crippen LogP contribution in [0.4, 0.5) is 8.78 Å². The first-order valence-electron chi connectivity index (χ1n) is 7.36. The summed E-state index contributed by atoms with van der Waals surface area (Å²) >= 11 is 5.84. The van der Waals surface area contributed by atoms with Gasteiger partial charge in [0.05, 0.1) is 5.02 Å². The van der Waals surface area contributed by atoms with Crippen LogP contribution in [0.2, 0.25) is 5.02 Å². The van der Waals surface area contributed by atoms with Crippen LogP contribution in [-0.4, -0.2) is 24.6 Å². The van der Waals surface area contributed by atoms with Crippen molar-refractivity contribution in [2.45, 2.75) is 11.1 Å². The van der Waals surface area contributed by atoms with Gasteiger partial charge in [-0.1, -0.05) is 17.7 Å². The van der Waals surface area contributed by atoms with Crippen molar-refractivity contribution >= 4 is 21.4 Å². The number of sulfone groups is 1. The molecular weight excluding hydrogens is 386 g/mol. The van der Waals surface area contributed by atoms with Gasteiger partial charge in [-0.15, -0.1) is 0 Å². The zero-order valence-corrected chi connectivity index (χ0v) is 15.0. The summed E-state index contributed by atoms with van der Waals surface area (Å²) in [5.41, 5.74) is 0.440. The minimum absolute atomic E-state index is 0.120. The van der Waals surface area contributed by atoms with Gasteiger partial charge in [0.1, 0.15) is 17.4 Å². The number of hydrogen-bond acceptors (Lipinski definition) is 4. The number of hydrogen-bond donors (Lipinski definition) is 1. The van der Waals surface area contributed by atoms with Crippen LogP contribution in [0.15, 0.2) is 53.7 Å². The molecule has 0 saturated carbocycles. The summed E-state index contributed by atoms with van der Waals surface area (Å²) in [6.45, 7) is 0. The van der Waals surface area contributed by atoms with Crippen molar-refractivity contribution in [3.8, 4) is 5.75 Å². The third-order valence-corrected chi connectivity index (χ3v) is 4.77. The Morgan fingerprint density at radius 1 is 1.15 bits per heavy atom. The summed E-state index contributed by atoms with van der Waals surface area (Å²) in [5, 5.41) is -0.279. The van der Waals surface area contributed by atoms with Gasteiger partial charge in [-0.3, -0.25) is 0 Å². The number of ether oxygens (including phenoxy) is 1. The van der Waals surface area contributed by atoms with E-state index in [4.69, 9.17) is 16.3 Å². The van der Waals surface area contributed by atoms with Crippen LogP contribution < -0.4 is 4.74 Å². The maximum absolute atomic E-state index is 13.5. The molecule has 0 amide bonds. The molecule has 0 fully saturated rings. The fourth-order valence-corrected chi connectivity index (χ4v) is 2.98. The van der Waals surface area contributed by atoms with Gasteiger partial charge in [0.15, 0.2) is 26.8 Å². The molecule has 3 aromatic rings. The molecule has 3 rings (SSSR count). The second-order valence-electron chi connectivity index (χ2n) is 5.52. The Labute approximate surface area is 153 Å². The van der Waals surface area contributed by atoms with E-state index in [1.807, 2.05) is 0 Å². The van der Waals surface area contributed by atoms with Crippen molar-refractivity contribution < 1.29 is 21.9 Å². The first-order valence-corrected chi connectivity index (χ1v) is 9.63. The predicted molar refractivity (Wildman–Crippen MR) is 92.0 cm³/mol. The molecular formula is C17H13ClF2N2O3S. The van der Waals surface area contributed by atoms with Crippen LogP contribution in [0, 0.1) is 11.6 Å². The van der Waals surface area contributed by atoms with Gasteiger partial charge in [0.25, 0.3) is 0 Å². The number of nitrogens with one attached hydrogen (secondary N) is 1. The van der Waals surface area contributed by atoms with E-state index in [9.17, 15) is 17.2 Å². The molecule has 0 aliphatic rings. The molecule has 5 nitrogen and oxygen atoms in total. The van der Waals surface area contributed by atoms with E-state index in [0.717, 1.165) is 6.26 Å². The summed E-state index contributed by atoms with van der Waals surface area (Å²) in [5.74, 6) is -0.546. The van der Waals surface area contributed by atoms with Gasteiger partial charge in [-0.2, -0.15) is 0 Å². The van der Waals surface area contributed by atoms with Crippen LogP contribution in [0.1, 0.15) is 17.5 Å². The molecule has 1 N–H and O–H groups in total. The predicted octanol–water partition coefficient (Wildman–Crippen LogP) is 3.91. The van der Waals surface area contributed by atoms with Crippen molar-refractivity contribution in [1.82, 2.24) is 9.97 Å². The van der Waals surface area contributed by atoms with Crippen LogP contribution >= 0.6 is 11.6 Å². The third-order valence-electron chi connectivity index (χ3n) is 3.52. The molecule has 0 aliphatic carbocycles. The summed E-state index contributed by atoms with van der Waals surface area (Å²) in [7, 11) is -3.52. The molecule has 26 heavy (non-hydrogen) atoms. The van der Waals surface area contributed by atoms with Crippen LogP contribution in [0.5, 0.6) is 5.75 Å². The first-order chi connectivity index (χ1) is 12.2. The quantitative estimate of drug-likeness (QED) is 0.707. The SMILES string of the molecule is CS(=O)(=O)c1c[nH]c(C(Oc2ccc(F)cc2)c2ccc(F)c(Cl)c2)n1. The lowest BCUT2D eigenvalue weighted by Gasteiger charge is -2.18. The lowest BCUT2D eigenvalue weighted by Crippen LogP contribution is -2.12. The maximum atomic E-state index is 13.5. The van der Waals surface area contributed by atoms with E-state index >= 15 is 0 Å². The summed E-state index contributed by atoms with van der Waals surface area (Å²) in [6, 6.07) is 9.22. The minimum Gasteiger partial charge on any atom is -0.478 e. The normalized spacial score (nSPS) is 12.8. The van der Waals surface area contributed by atoms with E-state index in [0.29, 0.717) is 11.3 Å². The molecule has 0 aliphatic heterocycles. The molecule has 9 heteroatoms. The highest BCUT2D eigenvalue weighted by molar-refractivity contribution is 7.90. The zero-order chi connectivity index (χ0) is 18.9. The zero-order valence-electron chi connectivity index (χ0n) is 13.4. The van der Waals surface area contributed by atoms with Gasteiger partial charge < -0.3 is 9.72 Å². The Morgan fingerprint density at radius 2 is 1.85 bits per heavy atom. The Bertz CT molecular complexity index is 1040. The smallest absolute Gasteiger partial charge is 0.194 e.